The summed E-state index contributed by atoms with van der Waals surface area (Å²) < 4.78 is 45.7. The van der Waals surface area contributed by atoms with Crippen molar-refractivity contribution in [1.29, 1.82) is 0 Å². The maximum absolute atomic E-state index is 13.1. The lowest BCUT2D eigenvalue weighted by Crippen LogP contribution is -2.51. The number of nitrogens with zero attached hydrogens (tertiary/aromatic N) is 2. The molecule has 31 heavy (non-hydrogen) atoms. The fraction of sp³-hybridized carbons (Fsp3) is 0.263. The highest BCUT2D eigenvalue weighted by molar-refractivity contribution is 7.89. The highest BCUT2D eigenvalue weighted by Gasteiger charge is 2.33. The van der Waals surface area contributed by atoms with E-state index in [0.717, 1.165) is 0 Å². The summed E-state index contributed by atoms with van der Waals surface area (Å²) in [5.74, 6) is -0.542. The van der Waals surface area contributed by atoms with E-state index >= 15 is 0 Å². The molecule has 0 aromatic heterocycles. The number of halogens is 2. The number of sulfonamides is 1. The van der Waals surface area contributed by atoms with Crippen LogP contribution in [0.15, 0.2) is 41.3 Å². The van der Waals surface area contributed by atoms with Crippen LogP contribution < -0.4 is 15.4 Å². The Hall–Kier alpha value is -2.89. The number of hydrogen-bond donors (Lipinski definition) is 2. The Kier molecular flexibility index (Phi) is 5.73. The molecule has 12 heteroatoms. The highest BCUT2D eigenvalue weighted by Crippen LogP contribution is 2.37. The number of carbonyl (C=O) groups excluding carboxylic acids is 2. The quantitative estimate of drug-likeness (QED) is 0.719. The normalized spacial score (nSPS) is 16.8. The molecule has 2 aliphatic rings. The number of fused-ring (bicyclic) bond motifs is 1. The number of carbonyl (C=O) groups is 2. The van der Waals surface area contributed by atoms with Crippen LogP contribution in [0.2, 0.25) is 5.02 Å². The number of benzene rings is 2. The van der Waals surface area contributed by atoms with Crippen LogP contribution >= 0.6 is 11.6 Å². The second-order valence-corrected chi connectivity index (χ2v) is 9.26. The lowest BCUT2D eigenvalue weighted by molar-refractivity contribution is -0.118. The molecule has 0 atom stereocenters. The second kappa shape index (κ2) is 8.33. The first-order valence-electron chi connectivity index (χ1n) is 9.32. The number of rotatable bonds is 3. The fourth-order valence-corrected chi connectivity index (χ4v) is 5.23. The Morgan fingerprint density at radius 3 is 2.48 bits per heavy atom. The van der Waals surface area contributed by atoms with Crippen molar-refractivity contribution in [2.75, 3.05) is 43.4 Å². The summed E-state index contributed by atoms with van der Waals surface area (Å²) in [5, 5.41) is 5.18. The zero-order valence-corrected chi connectivity index (χ0v) is 17.7. The standard InChI is InChI=1S/C19H18ClFN4O5S/c20-14-9-15-16(30-11-18(26)23-15)10-17(14)31(28,29)25-7-5-24(6-8-25)19(27)22-13-3-1-12(21)2-4-13/h1-4,9-10H,5-8,11H2,(H,22,27)(H,23,26). The molecular weight excluding hydrogens is 451 g/mol. The van der Waals surface area contributed by atoms with Crippen LogP contribution in [0, 0.1) is 5.82 Å². The summed E-state index contributed by atoms with van der Waals surface area (Å²) in [6, 6.07) is 7.58. The summed E-state index contributed by atoms with van der Waals surface area (Å²) in [6.45, 7) is 0.271. The third-order valence-corrected chi connectivity index (χ3v) is 7.27. The minimum atomic E-state index is -3.94. The summed E-state index contributed by atoms with van der Waals surface area (Å²) >= 11 is 6.18. The molecule has 0 bridgehead atoms. The van der Waals surface area contributed by atoms with Gasteiger partial charge in [0.05, 0.1) is 10.7 Å². The third-order valence-electron chi connectivity index (χ3n) is 4.91. The van der Waals surface area contributed by atoms with Crippen LogP contribution in [0.3, 0.4) is 0 Å². The maximum Gasteiger partial charge on any atom is 0.321 e. The van der Waals surface area contributed by atoms with Crippen molar-refractivity contribution >= 4 is 44.9 Å². The molecule has 1 saturated heterocycles. The maximum atomic E-state index is 13.1. The van der Waals surface area contributed by atoms with E-state index in [0.29, 0.717) is 11.4 Å². The molecule has 2 heterocycles. The third kappa shape index (κ3) is 4.43. The zero-order chi connectivity index (χ0) is 22.2. The zero-order valence-electron chi connectivity index (χ0n) is 16.1. The first-order chi connectivity index (χ1) is 14.7. The predicted octanol–water partition coefficient (Wildman–Crippen LogP) is 2.35. The molecule has 3 amide bonds. The van der Waals surface area contributed by atoms with Crippen molar-refractivity contribution in [2.24, 2.45) is 0 Å². The second-order valence-electron chi connectivity index (χ2n) is 6.94. The van der Waals surface area contributed by atoms with Crippen LogP contribution in [-0.4, -0.2) is 62.3 Å². The Balaban J connectivity index is 1.44. The summed E-state index contributed by atoms with van der Waals surface area (Å²) in [4.78, 5) is 25.2. The molecule has 164 valence electrons. The van der Waals surface area contributed by atoms with Gasteiger partial charge < -0.3 is 20.3 Å². The fourth-order valence-electron chi connectivity index (χ4n) is 3.29. The summed E-state index contributed by atoms with van der Waals surface area (Å²) in [5.41, 5.74) is 0.747. The number of ether oxygens (including phenoxy) is 1. The van der Waals surface area contributed by atoms with E-state index in [2.05, 4.69) is 10.6 Å². The van der Waals surface area contributed by atoms with Crippen molar-refractivity contribution in [3.63, 3.8) is 0 Å². The number of nitrogens with one attached hydrogen (secondary N) is 2. The van der Waals surface area contributed by atoms with Crippen molar-refractivity contribution in [3.8, 4) is 5.75 Å². The first kappa shape index (κ1) is 21.3. The molecule has 0 spiro atoms. The van der Waals surface area contributed by atoms with Gasteiger partial charge >= 0.3 is 6.03 Å². The highest BCUT2D eigenvalue weighted by atomic mass is 35.5. The molecule has 9 nitrogen and oxygen atoms in total. The summed E-state index contributed by atoms with van der Waals surface area (Å²) in [7, 11) is -3.94. The molecule has 0 radical (unpaired) electrons. The average Bonchev–Trinajstić information content (AvgIpc) is 2.74. The number of anilines is 2. The SMILES string of the molecule is O=C1COc2cc(S(=O)(=O)N3CCN(C(=O)Nc4ccc(F)cc4)CC3)c(Cl)cc2N1. The largest absolute Gasteiger partial charge is 0.482 e. The van der Waals surface area contributed by atoms with E-state index in [9.17, 15) is 22.4 Å². The van der Waals surface area contributed by atoms with Gasteiger partial charge in [-0.2, -0.15) is 4.31 Å². The van der Waals surface area contributed by atoms with Crippen molar-refractivity contribution in [3.05, 3.63) is 47.2 Å². The number of hydrogen-bond acceptors (Lipinski definition) is 5. The van der Waals surface area contributed by atoms with Gasteiger partial charge in [-0.1, -0.05) is 11.6 Å². The van der Waals surface area contributed by atoms with Gasteiger partial charge in [-0.05, 0) is 30.3 Å². The van der Waals surface area contributed by atoms with Crippen LogP contribution in [0.1, 0.15) is 0 Å². The smallest absolute Gasteiger partial charge is 0.321 e. The molecule has 2 aliphatic heterocycles. The number of urea groups is 1. The van der Waals surface area contributed by atoms with Gasteiger partial charge in [0.2, 0.25) is 10.0 Å². The Morgan fingerprint density at radius 2 is 1.81 bits per heavy atom. The van der Waals surface area contributed by atoms with Gasteiger partial charge in [0.25, 0.3) is 5.91 Å². The van der Waals surface area contributed by atoms with Gasteiger partial charge in [0, 0.05) is 37.9 Å². The van der Waals surface area contributed by atoms with E-state index in [4.69, 9.17) is 16.3 Å². The van der Waals surface area contributed by atoms with Crippen LogP contribution in [-0.2, 0) is 14.8 Å². The minimum Gasteiger partial charge on any atom is -0.482 e. The lowest BCUT2D eigenvalue weighted by Gasteiger charge is -2.34. The predicted molar refractivity (Wildman–Crippen MR) is 111 cm³/mol. The van der Waals surface area contributed by atoms with Crippen LogP contribution in [0.5, 0.6) is 5.75 Å². The van der Waals surface area contributed by atoms with E-state index in [1.54, 1.807) is 0 Å². The monoisotopic (exact) mass is 468 g/mol. The molecule has 4 rings (SSSR count). The van der Waals surface area contributed by atoms with Crippen molar-refractivity contribution < 1.29 is 27.1 Å². The average molecular weight is 469 g/mol. The van der Waals surface area contributed by atoms with Crippen molar-refractivity contribution in [1.82, 2.24) is 9.21 Å². The molecule has 2 aromatic carbocycles. The van der Waals surface area contributed by atoms with E-state index in [1.165, 1.54) is 45.6 Å². The molecule has 2 N–H and O–H groups in total. The van der Waals surface area contributed by atoms with Crippen LogP contribution in [0.4, 0.5) is 20.6 Å². The number of amides is 3. The van der Waals surface area contributed by atoms with Crippen LogP contribution in [0.25, 0.3) is 0 Å². The van der Waals surface area contributed by atoms with Gasteiger partial charge in [0.1, 0.15) is 16.5 Å². The first-order valence-corrected chi connectivity index (χ1v) is 11.1. The molecule has 1 fully saturated rings. The van der Waals surface area contributed by atoms with E-state index in [1.807, 2.05) is 0 Å². The molecule has 0 saturated carbocycles. The lowest BCUT2D eigenvalue weighted by atomic mass is 10.2. The molecular formula is C19H18ClFN4O5S. The van der Waals surface area contributed by atoms with Crippen molar-refractivity contribution in [2.45, 2.75) is 4.90 Å². The van der Waals surface area contributed by atoms with Gasteiger partial charge in [-0.15, -0.1) is 0 Å². The van der Waals surface area contributed by atoms with Gasteiger partial charge in [-0.3, -0.25) is 4.79 Å². The molecule has 2 aromatic rings. The Morgan fingerprint density at radius 1 is 1.13 bits per heavy atom. The molecule has 0 aliphatic carbocycles. The Bertz CT molecular complexity index is 1130. The minimum absolute atomic E-state index is 0.0407. The van der Waals surface area contributed by atoms with E-state index < -0.39 is 21.9 Å². The van der Waals surface area contributed by atoms with Gasteiger partial charge in [-0.25, -0.2) is 17.6 Å². The topological polar surface area (TPSA) is 108 Å². The van der Waals surface area contributed by atoms with E-state index in [-0.39, 0.29) is 54.4 Å². The molecule has 0 unspecified atom stereocenters. The Labute approximate surface area is 182 Å². The summed E-state index contributed by atoms with van der Waals surface area (Å²) in [6.07, 6.45) is 0. The van der Waals surface area contributed by atoms with Gasteiger partial charge in [0.15, 0.2) is 6.61 Å². The number of piperazine rings is 1.